The molecule has 11 heteroatoms. The number of rotatable bonds is 10. The molecule has 0 radical (unpaired) electrons. The molecule has 1 atom stereocenters. The van der Waals surface area contributed by atoms with Crippen LogP contribution in [0.15, 0.2) is 97.2 Å². The summed E-state index contributed by atoms with van der Waals surface area (Å²) >= 11 is 0. The Balaban J connectivity index is 1.52. The number of nitrogens with zero attached hydrogens (tertiary/aromatic N) is 1. The molecule has 0 saturated carbocycles. The van der Waals surface area contributed by atoms with Gasteiger partial charge in [0.05, 0.1) is 19.0 Å². The molecule has 4 rings (SSSR count). The standard InChI is InChI=1S/C32H28F3N3O5/c1-21-18-23(13-14-26(21)22-8-3-2-4-9-22)27(20-29(39)43-31(41)32(33,34)35)37-30(40)24-10-7-11-25(19-24)42-17-16-38-15-6-5-12-28(38)36/h2-15,18-19,27,36H,16-17,20H2,1H3,(H,37,40). The van der Waals surface area contributed by atoms with Gasteiger partial charge >= 0.3 is 18.1 Å². The third-order valence-electron chi connectivity index (χ3n) is 6.49. The lowest BCUT2D eigenvalue weighted by Crippen LogP contribution is -2.33. The Morgan fingerprint density at radius 2 is 1.67 bits per heavy atom. The molecular formula is C32H28F3N3O5. The molecule has 1 unspecified atom stereocenters. The number of alkyl halides is 3. The van der Waals surface area contributed by atoms with Gasteiger partial charge in [-0.15, -0.1) is 0 Å². The number of esters is 2. The van der Waals surface area contributed by atoms with E-state index in [-0.39, 0.29) is 12.2 Å². The number of amides is 1. The van der Waals surface area contributed by atoms with Crippen molar-refractivity contribution in [1.29, 1.82) is 5.41 Å². The summed E-state index contributed by atoms with van der Waals surface area (Å²) in [5.74, 6) is -4.32. The van der Waals surface area contributed by atoms with Gasteiger partial charge < -0.3 is 19.4 Å². The van der Waals surface area contributed by atoms with E-state index in [1.54, 1.807) is 59.3 Å². The highest BCUT2D eigenvalue weighted by Gasteiger charge is 2.42. The lowest BCUT2D eigenvalue weighted by molar-refractivity contribution is -0.202. The summed E-state index contributed by atoms with van der Waals surface area (Å²) in [6, 6.07) is 25.0. The zero-order chi connectivity index (χ0) is 31.0. The fourth-order valence-corrected chi connectivity index (χ4v) is 4.37. The summed E-state index contributed by atoms with van der Waals surface area (Å²) in [5.41, 5.74) is 3.54. The van der Waals surface area contributed by atoms with Crippen molar-refractivity contribution < 1.29 is 37.0 Å². The number of carbonyl (C=O) groups excluding carboxylic acids is 3. The second-order valence-corrected chi connectivity index (χ2v) is 9.59. The van der Waals surface area contributed by atoms with Gasteiger partial charge in [-0.2, -0.15) is 13.2 Å². The van der Waals surface area contributed by atoms with Crippen LogP contribution in [0.4, 0.5) is 13.2 Å². The molecule has 0 aliphatic rings. The highest BCUT2D eigenvalue weighted by atomic mass is 19.4. The van der Waals surface area contributed by atoms with Crippen LogP contribution in [0.5, 0.6) is 5.75 Å². The molecule has 1 heterocycles. The van der Waals surface area contributed by atoms with E-state index >= 15 is 0 Å². The highest BCUT2D eigenvalue weighted by Crippen LogP contribution is 2.28. The van der Waals surface area contributed by atoms with Crippen molar-refractivity contribution >= 4 is 17.8 Å². The van der Waals surface area contributed by atoms with E-state index in [4.69, 9.17) is 10.1 Å². The van der Waals surface area contributed by atoms with Crippen LogP contribution in [0.2, 0.25) is 0 Å². The molecule has 4 aromatic rings. The molecule has 2 N–H and O–H groups in total. The first kappa shape index (κ1) is 30.8. The molecule has 1 aromatic heterocycles. The number of benzene rings is 3. The van der Waals surface area contributed by atoms with Gasteiger partial charge in [0.2, 0.25) is 0 Å². The van der Waals surface area contributed by atoms with E-state index in [1.165, 1.54) is 12.1 Å². The molecule has 1 amide bonds. The maximum Gasteiger partial charge on any atom is 0.491 e. The topological polar surface area (TPSA) is 110 Å². The summed E-state index contributed by atoms with van der Waals surface area (Å²) < 4.78 is 49.5. The van der Waals surface area contributed by atoms with Crippen molar-refractivity contribution in [2.24, 2.45) is 0 Å². The Hall–Kier alpha value is -5.19. The first-order chi connectivity index (χ1) is 20.5. The molecule has 0 aliphatic carbocycles. The zero-order valence-corrected chi connectivity index (χ0v) is 23.1. The average molecular weight is 592 g/mol. The Labute approximate surface area is 245 Å². The van der Waals surface area contributed by atoms with Gasteiger partial charge in [0.1, 0.15) is 17.8 Å². The molecule has 0 saturated heterocycles. The van der Waals surface area contributed by atoms with E-state index in [2.05, 4.69) is 10.1 Å². The normalized spacial score (nSPS) is 11.8. The summed E-state index contributed by atoms with van der Waals surface area (Å²) in [5, 5.41) is 10.6. The van der Waals surface area contributed by atoms with Crippen molar-refractivity contribution in [3.8, 4) is 16.9 Å². The summed E-state index contributed by atoms with van der Waals surface area (Å²) in [6.07, 6.45) is -4.32. The van der Waals surface area contributed by atoms with Crippen LogP contribution in [0.25, 0.3) is 11.1 Å². The third-order valence-corrected chi connectivity index (χ3v) is 6.49. The number of hydrogen-bond donors (Lipinski definition) is 2. The fourth-order valence-electron chi connectivity index (χ4n) is 4.37. The highest BCUT2D eigenvalue weighted by molar-refractivity contribution is 5.95. The minimum atomic E-state index is -5.34. The minimum Gasteiger partial charge on any atom is -0.492 e. The molecule has 8 nitrogen and oxygen atoms in total. The fraction of sp³-hybridized carbons (Fsp3) is 0.188. The third kappa shape index (κ3) is 8.41. The van der Waals surface area contributed by atoms with Gasteiger partial charge in [-0.05, 0) is 59.5 Å². The number of ether oxygens (including phenoxy) is 2. The van der Waals surface area contributed by atoms with Gasteiger partial charge in [0, 0.05) is 11.8 Å². The van der Waals surface area contributed by atoms with Crippen molar-refractivity contribution in [1.82, 2.24) is 9.88 Å². The van der Waals surface area contributed by atoms with Crippen LogP contribution in [-0.4, -0.2) is 35.2 Å². The maximum atomic E-state index is 13.3. The zero-order valence-electron chi connectivity index (χ0n) is 23.1. The second kappa shape index (κ2) is 13.6. The lowest BCUT2D eigenvalue weighted by atomic mass is 9.94. The predicted octanol–water partition coefficient (Wildman–Crippen LogP) is 5.52. The summed E-state index contributed by atoms with van der Waals surface area (Å²) in [6.45, 7) is 2.45. The van der Waals surface area contributed by atoms with Crippen LogP contribution in [0, 0.1) is 12.3 Å². The van der Waals surface area contributed by atoms with Gasteiger partial charge in [-0.25, -0.2) is 4.79 Å². The van der Waals surface area contributed by atoms with Crippen molar-refractivity contribution in [2.75, 3.05) is 6.61 Å². The van der Waals surface area contributed by atoms with Gasteiger partial charge in [0.25, 0.3) is 5.91 Å². The second-order valence-electron chi connectivity index (χ2n) is 9.59. The van der Waals surface area contributed by atoms with E-state index in [0.29, 0.717) is 23.3 Å². The predicted molar refractivity (Wildman–Crippen MR) is 151 cm³/mol. The van der Waals surface area contributed by atoms with Gasteiger partial charge in [0.15, 0.2) is 0 Å². The van der Waals surface area contributed by atoms with Crippen LogP contribution in [-0.2, 0) is 20.9 Å². The average Bonchev–Trinajstić information content (AvgIpc) is 2.98. The van der Waals surface area contributed by atoms with Gasteiger partial charge in [-0.1, -0.05) is 60.7 Å². The number of nitrogens with one attached hydrogen (secondary N) is 2. The molecule has 43 heavy (non-hydrogen) atoms. The number of aromatic nitrogens is 1. The SMILES string of the molecule is Cc1cc(C(CC(=O)OC(=O)C(F)(F)F)NC(=O)c2cccc(OCCn3ccccc3=N)c2)ccc1-c1ccccc1. The van der Waals surface area contributed by atoms with E-state index < -0.39 is 36.5 Å². The first-order valence-corrected chi connectivity index (χ1v) is 13.2. The number of hydrogen-bond acceptors (Lipinski definition) is 6. The van der Waals surface area contributed by atoms with Crippen LogP contribution in [0.3, 0.4) is 0 Å². The van der Waals surface area contributed by atoms with Crippen LogP contribution >= 0.6 is 0 Å². The number of carbonyl (C=O) groups is 3. The molecule has 0 fully saturated rings. The lowest BCUT2D eigenvalue weighted by Gasteiger charge is -2.20. The monoisotopic (exact) mass is 591 g/mol. The number of halogens is 3. The Kier molecular flexibility index (Phi) is 9.76. The smallest absolute Gasteiger partial charge is 0.491 e. The molecule has 222 valence electrons. The van der Waals surface area contributed by atoms with E-state index in [9.17, 15) is 27.6 Å². The molecular weight excluding hydrogens is 563 g/mol. The number of pyridine rings is 1. The maximum absolute atomic E-state index is 13.3. The quantitative estimate of drug-likeness (QED) is 0.187. The number of aryl methyl sites for hydroxylation is 1. The Morgan fingerprint density at radius 1 is 0.930 bits per heavy atom. The molecule has 0 spiro atoms. The summed E-state index contributed by atoms with van der Waals surface area (Å²) in [4.78, 5) is 36.9. The first-order valence-electron chi connectivity index (χ1n) is 13.2. The summed E-state index contributed by atoms with van der Waals surface area (Å²) in [7, 11) is 0. The van der Waals surface area contributed by atoms with Gasteiger partial charge in [-0.3, -0.25) is 15.0 Å². The molecule has 3 aromatic carbocycles. The molecule has 0 aliphatic heterocycles. The van der Waals surface area contributed by atoms with Crippen molar-refractivity contribution in [2.45, 2.75) is 32.1 Å². The van der Waals surface area contributed by atoms with Crippen LogP contribution in [0.1, 0.15) is 33.9 Å². The van der Waals surface area contributed by atoms with Crippen molar-refractivity contribution in [3.05, 3.63) is 119 Å². The minimum absolute atomic E-state index is 0.174. The Bertz CT molecular complexity index is 1670. The molecule has 0 bridgehead atoms. The van der Waals surface area contributed by atoms with E-state index in [0.717, 1.165) is 16.7 Å². The Morgan fingerprint density at radius 3 is 2.37 bits per heavy atom. The van der Waals surface area contributed by atoms with Crippen LogP contribution < -0.4 is 15.5 Å². The largest absolute Gasteiger partial charge is 0.492 e. The van der Waals surface area contributed by atoms with E-state index in [1.807, 2.05) is 37.3 Å². The van der Waals surface area contributed by atoms with Crippen molar-refractivity contribution in [3.63, 3.8) is 0 Å².